The van der Waals surface area contributed by atoms with E-state index >= 15 is 0 Å². The maximum absolute atomic E-state index is 12.6. The number of nitrogen functional groups attached to an aromatic ring is 1. The fourth-order valence-electron chi connectivity index (χ4n) is 1.39. The third kappa shape index (κ3) is 3.63. The first-order valence-corrected chi connectivity index (χ1v) is 6.65. The Hall–Kier alpha value is -1.29. The first-order chi connectivity index (χ1) is 9.25. The van der Waals surface area contributed by atoms with E-state index in [1.165, 1.54) is 6.07 Å². The molecule has 1 heterocycles. The second-order valence-corrected chi connectivity index (χ2v) is 5.40. The van der Waals surface area contributed by atoms with Gasteiger partial charge in [-0.05, 0) is 40.8 Å². The maximum Gasteiger partial charge on any atom is 0.451 e. The summed E-state index contributed by atoms with van der Waals surface area (Å²) in [5.74, 6) is -1.66. The second kappa shape index (κ2) is 5.60. The monoisotopic (exact) mass is 414 g/mol. The Morgan fingerprint density at radius 1 is 1.20 bits per heavy atom. The molecule has 0 unspecified atom stereocenters. The van der Waals surface area contributed by atoms with Gasteiger partial charge in [-0.3, -0.25) is 0 Å². The normalized spacial score (nSPS) is 11.4. The number of nitrogens with zero attached hydrogens (tertiary/aromatic N) is 2. The Kier molecular flexibility index (Phi) is 4.23. The summed E-state index contributed by atoms with van der Waals surface area (Å²) < 4.78 is 38.6. The van der Waals surface area contributed by atoms with Gasteiger partial charge in [-0.25, -0.2) is 9.97 Å². The Balaban J connectivity index is 2.36. The van der Waals surface area contributed by atoms with E-state index in [0.717, 1.165) is 3.57 Å². The Morgan fingerprint density at radius 2 is 1.90 bits per heavy atom. The molecule has 9 heteroatoms. The highest BCUT2D eigenvalue weighted by Crippen LogP contribution is 2.30. The summed E-state index contributed by atoms with van der Waals surface area (Å²) in [6, 6.07) is 6.25. The average Bonchev–Trinajstić information content (AvgIpc) is 2.31. The molecule has 0 saturated heterocycles. The van der Waals surface area contributed by atoms with Crippen molar-refractivity contribution >= 4 is 51.5 Å². The highest BCUT2D eigenvalue weighted by molar-refractivity contribution is 14.1. The van der Waals surface area contributed by atoms with E-state index in [1.807, 2.05) is 0 Å². The molecular weight excluding hydrogens is 408 g/mol. The zero-order chi connectivity index (χ0) is 14.9. The van der Waals surface area contributed by atoms with Crippen LogP contribution in [0.4, 0.5) is 30.5 Å². The van der Waals surface area contributed by atoms with E-state index in [9.17, 15) is 13.2 Å². The van der Waals surface area contributed by atoms with Crippen molar-refractivity contribution in [1.29, 1.82) is 0 Å². The van der Waals surface area contributed by atoms with Gasteiger partial charge in [0, 0.05) is 9.64 Å². The van der Waals surface area contributed by atoms with Gasteiger partial charge in [0.15, 0.2) is 0 Å². The third-order valence-corrected chi connectivity index (χ3v) is 3.18. The lowest BCUT2D eigenvalue weighted by Gasteiger charge is -2.11. The van der Waals surface area contributed by atoms with Crippen molar-refractivity contribution in [2.24, 2.45) is 0 Å². The molecule has 1 aromatic heterocycles. The van der Waals surface area contributed by atoms with Gasteiger partial charge in [-0.2, -0.15) is 13.2 Å². The van der Waals surface area contributed by atoms with E-state index in [2.05, 4.69) is 37.9 Å². The third-order valence-electron chi connectivity index (χ3n) is 2.19. The Bertz CT molecular complexity index is 648. The van der Waals surface area contributed by atoms with Crippen LogP contribution in [0.3, 0.4) is 0 Å². The summed E-state index contributed by atoms with van der Waals surface area (Å²) in [7, 11) is 0. The molecule has 20 heavy (non-hydrogen) atoms. The Labute approximate surface area is 130 Å². The molecule has 1 aromatic carbocycles. The molecule has 0 aliphatic carbocycles. The molecule has 0 aliphatic heterocycles. The number of anilines is 3. The lowest BCUT2D eigenvalue weighted by atomic mass is 10.3. The largest absolute Gasteiger partial charge is 0.451 e. The Morgan fingerprint density at radius 3 is 2.50 bits per heavy atom. The van der Waals surface area contributed by atoms with Crippen molar-refractivity contribution in [3.8, 4) is 0 Å². The highest BCUT2D eigenvalue weighted by Gasteiger charge is 2.35. The van der Waals surface area contributed by atoms with Crippen molar-refractivity contribution < 1.29 is 13.2 Å². The second-order valence-electron chi connectivity index (χ2n) is 3.75. The number of hydrogen-bond acceptors (Lipinski definition) is 4. The summed E-state index contributed by atoms with van der Waals surface area (Å²) in [4.78, 5) is 6.53. The molecule has 0 saturated carbocycles. The summed E-state index contributed by atoms with van der Waals surface area (Å²) in [5, 5.41) is 3.05. The van der Waals surface area contributed by atoms with Crippen LogP contribution < -0.4 is 11.1 Å². The lowest BCUT2D eigenvalue weighted by molar-refractivity contribution is -0.144. The summed E-state index contributed by atoms with van der Waals surface area (Å²) >= 11 is 8.05. The van der Waals surface area contributed by atoms with Crippen molar-refractivity contribution in [3.05, 3.63) is 38.7 Å². The number of rotatable bonds is 2. The van der Waals surface area contributed by atoms with E-state index in [0.29, 0.717) is 10.7 Å². The molecule has 0 bridgehead atoms. The van der Waals surface area contributed by atoms with Crippen molar-refractivity contribution in [1.82, 2.24) is 9.97 Å². The zero-order valence-corrected chi connectivity index (χ0v) is 12.6. The molecular formula is C11H7ClF3IN4. The number of hydrogen-bond donors (Lipinski definition) is 2. The highest BCUT2D eigenvalue weighted by atomic mass is 127. The van der Waals surface area contributed by atoms with Crippen molar-refractivity contribution in [3.63, 3.8) is 0 Å². The predicted molar refractivity (Wildman–Crippen MR) is 78.9 cm³/mol. The SMILES string of the molecule is Nc1cc(Nc2ccc(I)cc2Cl)nc(C(F)(F)F)n1. The number of aromatic nitrogens is 2. The van der Waals surface area contributed by atoms with E-state index < -0.39 is 12.0 Å². The number of alkyl halides is 3. The number of halogens is 5. The van der Waals surface area contributed by atoms with Crippen LogP contribution in [0.15, 0.2) is 24.3 Å². The topological polar surface area (TPSA) is 63.8 Å². The summed E-state index contributed by atoms with van der Waals surface area (Å²) in [6.07, 6.45) is -4.67. The van der Waals surface area contributed by atoms with Gasteiger partial charge in [-0.15, -0.1) is 0 Å². The molecule has 0 fully saturated rings. The van der Waals surface area contributed by atoms with Gasteiger partial charge in [0.2, 0.25) is 5.82 Å². The minimum Gasteiger partial charge on any atom is -0.384 e. The van der Waals surface area contributed by atoms with Crippen LogP contribution in [-0.4, -0.2) is 9.97 Å². The van der Waals surface area contributed by atoms with Crippen LogP contribution in [0.5, 0.6) is 0 Å². The molecule has 0 aliphatic rings. The smallest absolute Gasteiger partial charge is 0.384 e. The molecule has 3 N–H and O–H groups in total. The average molecular weight is 415 g/mol. The molecule has 4 nitrogen and oxygen atoms in total. The van der Waals surface area contributed by atoms with Gasteiger partial charge in [0.25, 0.3) is 0 Å². The van der Waals surface area contributed by atoms with Gasteiger partial charge in [-0.1, -0.05) is 11.6 Å². The molecule has 0 radical (unpaired) electrons. The van der Waals surface area contributed by atoms with Crippen molar-refractivity contribution in [2.75, 3.05) is 11.1 Å². The number of nitrogens with two attached hydrogens (primary N) is 1. The fourth-order valence-corrected chi connectivity index (χ4v) is 2.29. The van der Waals surface area contributed by atoms with Crippen LogP contribution in [0.2, 0.25) is 5.02 Å². The maximum atomic E-state index is 12.6. The summed E-state index contributed by atoms with van der Waals surface area (Å²) in [5.41, 5.74) is 5.78. The van der Waals surface area contributed by atoms with Crippen molar-refractivity contribution in [2.45, 2.75) is 6.18 Å². The van der Waals surface area contributed by atoms with Crippen LogP contribution in [0.25, 0.3) is 0 Å². The van der Waals surface area contributed by atoms with Crippen LogP contribution in [0.1, 0.15) is 5.82 Å². The zero-order valence-electron chi connectivity index (χ0n) is 9.67. The van der Waals surface area contributed by atoms with E-state index in [4.69, 9.17) is 17.3 Å². The molecule has 2 aromatic rings. The first-order valence-electron chi connectivity index (χ1n) is 5.19. The minimum absolute atomic E-state index is 0.0760. The first kappa shape index (κ1) is 15.1. The predicted octanol–water partition coefficient (Wildman–Crippen LogP) is 4.08. The van der Waals surface area contributed by atoms with Gasteiger partial charge >= 0.3 is 6.18 Å². The fraction of sp³-hybridized carbons (Fsp3) is 0.0909. The summed E-state index contributed by atoms with van der Waals surface area (Å²) in [6.45, 7) is 0. The standard InChI is InChI=1S/C11H7ClF3IN4/c12-6-3-5(16)1-2-7(6)18-9-4-8(17)19-10(20-9)11(13,14)15/h1-4H,(H3,17,18,19,20). The quantitative estimate of drug-likeness (QED) is 0.727. The molecule has 2 rings (SSSR count). The van der Waals surface area contributed by atoms with E-state index in [1.54, 1.807) is 18.2 Å². The number of nitrogens with one attached hydrogen (secondary N) is 1. The molecule has 0 spiro atoms. The van der Waals surface area contributed by atoms with E-state index in [-0.39, 0.29) is 11.6 Å². The van der Waals surface area contributed by atoms with Crippen LogP contribution in [-0.2, 0) is 6.18 Å². The lowest BCUT2D eigenvalue weighted by Crippen LogP contribution is -2.13. The minimum atomic E-state index is -4.67. The van der Waals surface area contributed by atoms with Crippen LogP contribution >= 0.6 is 34.2 Å². The van der Waals surface area contributed by atoms with Gasteiger partial charge < -0.3 is 11.1 Å². The van der Waals surface area contributed by atoms with Gasteiger partial charge in [0.1, 0.15) is 11.6 Å². The molecule has 0 amide bonds. The molecule has 0 atom stereocenters. The molecule has 106 valence electrons. The number of benzene rings is 1. The van der Waals surface area contributed by atoms with Crippen LogP contribution in [0, 0.1) is 3.57 Å². The van der Waals surface area contributed by atoms with Gasteiger partial charge in [0.05, 0.1) is 10.7 Å².